The summed E-state index contributed by atoms with van der Waals surface area (Å²) in [7, 11) is -3.59. The van der Waals surface area contributed by atoms with Crippen molar-refractivity contribution in [3.63, 3.8) is 0 Å². The molecule has 0 aromatic heterocycles. The number of amides is 1. The highest BCUT2D eigenvalue weighted by atomic mass is 35.5. The minimum atomic E-state index is -3.59. The summed E-state index contributed by atoms with van der Waals surface area (Å²) in [6, 6.07) is 20.1. The van der Waals surface area contributed by atoms with E-state index in [1.807, 2.05) is 18.2 Å². The minimum absolute atomic E-state index is 0.0179. The number of benzene rings is 3. The van der Waals surface area contributed by atoms with Crippen LogP contribution in [-0.4, -0.2) is 27.0 Å². The molecule has 0 aliphatic heterocycles. The number of para-hydroxylation sites is 1. The van der Waals surface area contributed by atoms with Gasteiger partial charge in [0.15, 0.2) is 12.4 Å². The van der Waals surface area contributed by atoms with Gasteiger partial charge in [-0.2, -0.15) is 0 Å². The van der Waals surface area contributed by atoms with Gasteiger partial charge < -0.3 is 14.8 Å². The maximum absolute atomic E-state index is 12.6. The molecule has 3 aromatic rings. The molecule has 0 radical (unpaired) electrons. The van der Waals surface area contributed by atoms with Crippen LogP contribution >= 0.6 is 11.6 Å². The van der Waals surface area contributed by atoms with Gasteiger partial charge in [0.25, 0.3) is 5.91 Å². The number of carbonyl (C=O) groups excluding carboxylic acids is 1. The molecule has 7 nitrogen and oxygen atoms in total. The topological polar surface area (TPSA) is 93.7 Å². The van der Waals surface area contributed by atoms with Crippen molar-refractivity contribution in [3.8, 4) is 17.2 Å². The second-order valence-corrected chi connectivity index (χ2v) is 10.5. The second kappa shape index (κ2) is 11.6. The molecule has 3 aromatic carbocycles. The van der Waals surface area contributed by atoms with Crippen LogP contribution in [0.4, 0.5) is 5.69 Å². The largest absolute Gasteiger partial charge is 0.484 e. The number of ether oxygens (including phenoxy) is 2. The first-order valence-corrected chi connectivity index (χ1v) is 13.3. The molecule has 1 aliphatic rings. The molecule has 0 saturated heterocycles. The Balaban J connectivity index is 1.34. The van der Waals surface area contributed by atoms with Gasteiger partial charge in [-0.15, -0.1) is 0 Å². The average molecular weight is 515 g/mol. The van der Waals surface area contributed by atoms with Gasteiger partial charge in [-0.1, -0.05) is 49.1 Å². The van der Waals surface area contributed by atoms with E-state index in [-0.39, 0.29) is 17.5 Å². The summed E-state index contributed by atoms with van der Waals surface area (Å²) in [6.45, 7) is -0.274. The van der Waals surface area contributed by atoms with Gasteiger partial charge in [0.2, 0.25) is 10.0 Å². The zero-order valence-corrected chi connectivity index (χ0v) is 20.6. The molecule has 1 fully saturated rings. The van der Waals surface area contributed by atoms with Crippen molar-refractivity contribution in [1.29, 1.82) is 0 Å². The van der Waals surface area contributed by atoms with Crippen molar-refractivity contribution < 1.29 is 22.7 Å². The lowest BCUT2D eigenvalue weighted by Gasteiger charge is -2.22. The molecule has 184 valence electrons. The molecule has 1 amide bonds. The lowest BCUT2D eigenvalue weighted by Crippen LogP contribution is -2.36. The lowest BCUT2D eigenvalue weighted by atomic mass is 9.96. The molecule has 35 heavy (non-hydrogen) atoms. The van der Waals surface area contributed by atoms with E-state index in [9.17, 15) is 13.2 Å². The number of rotatable bonds is 9. The molecule has 1 aliphatic carbocycles. The maximum Gasteiger partial charge on any atom is 0.262 e. The predicted octanol–water partition coefficient (Wildman–Crippen LogP) is 5.76. The van der Waals surface area contributed by atoms with E-state index in [1.54, 1.807) is 30.3 Å². The number of sulfonamides is 1. The van der Waals surface area contributed by atoms with Gasteiger partial charge in [0, 0.05) is 11.1 Å². The molecule has 0 bridgehead atoms. The van der Waals surface area contributed by atoms with Crippen molar-refractivity contribution in [2.45, 2.75) is 43.0 Å². The first-order chi connectivity index (χ1) is 16.9. The fourth-order valence-corrected chi connectivity index (χ4v) is 5.34. The van der Waals surface area contributed by atoms with Crippen LogP contribution < -0.4 is 19.5 Å². The van der Waals surface area contributed by atoms with E-state index < -0.39 is 15.9 Å². The lowest BCUT2D eigenvalue weighted by molar-refractivity contribution is -0.118. The van der Waals surface area contributed by atoms with Crippen LogP contribution in [-0.2, 0) is 14.8 Å². The Morgan fingerprint density at radius 2 is 1.63 bits per heavy atom. The van der Waals surface area contributed by atoms with Crippen LogP contribution in [0.5, 0.6) is 17.2 Å². The van der Waals surface area contributed by atoms with E-state index in [1.165, 1.54) is 24.3 Å². The summed E-state index contributed by atoms with van der Waals surface area (Å²) in [4.78, 5) is 12.7. The Labute approximate surface area is 210 Å². The Morgan fingerprint density at radius 1 is 0.914 bits per heavy atom. The van der Waals surface area contributed by atoms with Crippen molar-refractivity contribution in [1.82, 2.24) is 4.72 Å². The number of anilines is 1. The molecule has 1 saturated carbocycles. The Bertz CT molecular complexity index is 1240. The monoisotopic (exact) mass is 514 g/mol. The van der Waals surface area contributed by atoms with Crippen LogP contribution in [0.2, 0.25) is 5.02 Å². The first kappa shape index (κ1) is 25.0. The quantitative estimate of drug-likeness (QED) is 0.378. The zero-order chi connectivity index (χ0) is 24.7. The van der Waals surface area contributed by atoms with E-state index >= 15 is 0 Å². The molecular weight excluding hydrogens is 488 g/mol. The van der Waals surface area contributed by atoms with E-state index in [0.717, 1.165) is 32.1 Å². The smallest absolute Gasteiger partial charge is 0.262 e. The van der Waals surface area contributed by atoms with Crippen LogP contribution in [0.15, 0.2) is 77.7 Å². The van der Waals surface area contributed by atoms with Gasteiger partial charge in [-0.05, 0) is 67.4 Å². The summed E-state index contributed by atoms with van der Waals surface area (Å²) >= 11 is 6.10. The molecule has 0 spiro atoms. The summed E-state index contributed by atoms with van der Waals surface area (Å²) in [5, 5.41) is 3.19. The van der Waals surface area contributed by atoms with Crippen LogP contribution in [0.1, 0.15) is 32.1 Å². The van der Waals surface area contributed by atoms with Gasteiger partial charge in [-0.3, -0.25) is 4.79 Å². The molecule has 0 heterocycles. The number of hydrogen-bond acceptors (Lipinski definition) is 5. The summed E-state index contributed by atoms with van der Waals surface area (Å²) < 4.78 is 39.4. The fraction of sp³-hybridized carbons (Fsp3) is 0.269. The zero-order valence-electron chi connectivity index (χ0n) is 19.1. The summed E-state index contributed by atoms with van der Waals surface area (Å²) in [5.41, 5.74) is 0.408. The van der Waals surface area contributed by atoms with Crippen LogP contribution in [0, 0.1) is 0 Å². The normalized spacial score (nSPS) is 14.3. The second-order valence-electron chi connectivity index (χ2n) is 8.32. The predicted molar refractivity (Wildman–Crippen MR) is 136 cm³/mol. The van der Waals surface area contributed by atoms with Crippen LogP contribution in [0.25, 0.3) is 0 Å². The van der Waals surface area contributed by atoms with Gasteiger partial charge in [0.1, 0.15) is 11.5 Å². The van der Waals surface area contributed by atoms with Crippen LogP contribution in [0.3, 0.4) is 0 Å². The minimum Gasteiger partial charge on any atom is -0.484 e. The summed E-state index contributed by atoms with van der Waals surface area (Å²) in [5.74, 6) is 1.02. The molecule has 0 unspecified atom stereocenters. The Hall–Kier alpha value is -3.07. The maximum atomic E-state index is 12.6. The van der Waals surface area contributed by atoms with Gasteiger partial charge in [0.05, 0.1) is 10.6 Å². The fourth-order valence-electron chi connectivity index (χ4n) is 3.86. The van der Waals surface area contributed by atoms with Crippen molar-refractivity contribution in [3.05, 3.63) is 77.8 Å². The highest BCUT2D eigenvalue weighted by Crippen LogP contribution is 2.32. The first-order valence-electron chi connectivity index (χ1n) is 11.5. The number of hydrogen-bond donors (Lipinski definition) is 2. The highest BCUT2D eigenvalue weighted by molar-refractivity contribution is 7.89. The van der Waals surface area contributed by atoms with Gasteiger partial charge in [-0.25, -0.2) is 13.1 Å². The Kier molecular flexibility index (Phi) is 8.28. The van der Waals surface area contributed by atoms with Crippen molar-refractivity contribution in [2.24, 2.45) is 0 Å². The van der Waals surface area contributed by atoms with Crippen molar-refractivity contribution >= 4 is 33.2 Å². The molecular formula is C26H27ClN2O5S. The van der Waals surface area contributed by atoms with E-state index in [2.05, 4.69) is 10.0 Å². The highest BCUT2D eigenvalue weighted by Gasteiger charge is 2.22. The standard InChI is InChI=1S/C26H27ClN2O5S/c27-19-11-16-25(34-22-9-5-2-6-10-22)24(17-19)28-26(30)18-33-21-12-14-23(15-13-21)35(31,32)29-20-7-3-1-4-8-20/h2,5-6,9-17,20,29H,1,3-4,7-8,18H2,(H,28,30). The third-order valence-corrected chi connectivity index (χ3v) is 7.39. The molecule has 4 rings (SSSR count). The van der Waals surface area contributed by atoms with Gasteiger partial charge >= 0.3 is 0 Å². The third-order valence-electron chi connectivity index (χ3n) is 5.62. The average Bonchev–Trinajstić information content (AvgIpc) is 2.86. The van der Waals surface area contributed by atoms with E-state index in [4.69, 9.17) is 21.1 Å². The molecule has 0 atom stereocenters. The Morgan fingerprint density at radius 3 is 2.34 bits per heavy atom. The summed E-state index contributed by atoms with van der Waals surface area (Å²) in [6.07, 6.45) is 4.95. The third kappa shape index (κ3) is 7.21. The molecule has 2 N–H and O–H groups in total. The SMILES string of the molecule is O=C(COc1ccc(S(=O)(=O)NC2CCCCC2)cc1)Nc1cc(Cl)ccc1Oc1ccccc1. The number of halogens is 1. The number of carbonyl (C=O) groups is 1. The van der Waals surface area contributed by atoms with Crippen molar-refractivity contribution in [2.75, 3.05) is 11.9 Å². The van der Waals surface area contributed by atoms with E-state index in [0.29, 0.717) is 28.0 Å². The number of nitrogens with one attached hydrogen (secondary N) is 2. The molecule has 9 heteroatoms.